The number of piperidine rings is 2. The summed E-state index contributed by atoms with van der Waals surface area (Å²) >= 11 is 0. The van der Waals surface area contributed by atoms with Crippen LogP contribution in [-0.2, 0) is 22.8 Å². The molecule has 8 heteroatoms. The number of likely N-dealkylation sites (tertiary alicyclic amines) is 2. The summed E-state index contributed by atoms with van der Waals surface area (Å²) in [7, 11) is 0. The number of nitrogens with zero attached hydrogens (tertiary/aromatic N) is 3. The van der Waals surface area contributed by atoms with Crippen molar-refractivity contribution < 1.29 is 18.0 Å². The smallest absolute Gasteiger partial charge is 0.382 e. The first-order valence-electron chi connectivity index (χ1n) is 13.9. The molecule has 5 nitrogen and oxygen atoms in total. The van der Waals surface area contributed by atoms with E-state index in [1.807, 2.05) is 4.90 Å². The van der Waals surface area contributed by atoms with Gasteiger partial charge in [-0.1, -0.05) is 40.3 Å². The molecule has 0 radical (unpaired) electrons. The van der Waals surface area contributed by atoms with Crippen LogP contribution < -0.4 is 5.32 Å². The molecule has 2 aliphatic heterocycles. The number of amides is 1. The number of halogens is 3. The van der Waals surface area contributed by atoms with Crippen LogP contribution >= 0.6 is 0 Å². The predicted octanol–water partition coefficient (Wildman–Crippen LogP) is 6.78. The zero-order valence-electron chi connectivity index (χ0n) is 22.9. The Balaban J connectivity index is 0.00000420. The maximum absolute atomic E-state index is 13.0. The molecular formula is C31H45F3N4O. The minimum absolute atomic E-state index is 0. The average Bonchev–Trinajstić information content (AvgIpc) is 2.88. The van der Waals surface area contributed by atoms with E-state index in [1.165, 1.54) is 17.8 Å². The van der Waals surface area contributed by atoms with Crippen LogP contribution in [-0.4, -0.2) is 59.5 Å². The molecule has 4 rings (SSSR count). The fraction of sp³-hybridized carbons (Fsp3) is 0.613. The second kappa shape index (κ2) is 13.2. The van der Waals surface area contributed by atoms with E-state index in [0.717, 1.165) is 63.7 Å². The molecule has 2 aliphatic rings. The SMILES string of the molecule is C.CC(C)(C)c1ccc(NC2CCN(CCC(=O)N3CCC[C@H](Cc4cncc(C(F)(F)F)c4)C3)CC2)cc1. The van der Waals surface area contributed by atoms with Gasteiger partial charge < -0.3 is 15.1 Å². The third-order valence-electron chi connectivity index (χ3n) is 7.87. The molecule has 1 aromatic carbocycles. The van der Waals surface area contributed by atoms with E-state index in [9.17, 15) is 18.0 Å². The van der Waals surface area contributed by atoms with Crippen LogP contribution in [0, 0.1) is 5.92 Å². The molecule has 216 valence electrons. The van der Waals surface area contributed by atoms with Gasteiger partial charge >= 0.3 is 6.18 Å². The van der Waals surface area contributed by atoms with Crippen molar-refractivity contribution in [3.05, 3.63) is 59.4 Å². The fourth-order valence-corrected chi connectivity index (χ4v) is 5.56. The maximum atomic E-state index is 13.0. The summed E-state index contributed by atoms with van der Waals surface area (Å²) in [5.74, 6) is 0.313. The lowest BCUT2D eigenvalue weighted by molar-refractivity contribution is -0.138. The summed E-state index contributed by atoms with van der Waals surface area (Å²) in [6.07, 6.45) is 2.89. The Kier molecular flexibility index (Phi) is 10.4. The maximum Gasteiger partial charge on any atom is 0.417 e. The van der Waals surface area contributed by atoms with Crippen LogP contribution in [0.3, 0.4) is 0 Å². The van der Waals surface area contributed by atoms with Gasteiger partial charge in [0.25, 0.3) is 0 Å². The second-order valence-electron chi connectivity index (χ2n) is 12.0. The van der Waals surface area contributed by atoms with Gasteiger partial charge in [0.05, 0.1) is 5.56 Å². The Morgan fingerprint density at radius 3 is 2.33 bits per heavy atom. The summed E-state index contributed by atoms with van der Waals surface area (Å²) in [6, 6.07) is 10.4. The molecule has 0 spiro atoms. The molecule has 0 saturated carbocycles. The van der Waals surface area contributed by atoms with Crippen LogP contribution in [0.15, 0.2) is 42.7 Å². The minimum atomic E-state index is -4.39. The fourth-order valence-electron chi connectivity index (χ4n) is 5.56. The molecule has 2 saturated heterocycles. The van der Waals surface area contributed by atoms with Gasteiger partial charge in [-0.15, -0.1) is 0 Å². The van der Waals surface area contributed by atoms with Crippen LogP contribution in [0.5, 0.6) is 0 Å². The number of aromatic nitrogens is 1. The van der Waals surface area contributed by atoms with E-state index in [1.54, 1.807) is 0 Å². The standard InChI is InChI=1S/C30H41F3N4O.CH4/c1-29(2,3)24-6-8-26(9-7-24)35-27-10-14-36(15-11-27)16-12-28(38)37-13-4-5-22(21-37)17-23-18-25(20-34-19-23)30(31,32)33;/h6-9,18-20,22,27,35H,4-5,10-17,21H2,1-3H3;1H4/t22-;/m1./s1. The predicted molar refractivity (Wildman–Crippen MR) is 152 cm³/mol. The monoisotopic (exact) mass is 546 g/mol. The highest BCUT2D eigenvalue weighted by molar-refractivity contribution is 5.76. The summed E-state index contributed by atoms with van der Waals surface area (Å²) in [5, 5.41) is 3.66. The van der Waals surface area contributed by atoms with Gasteiger partial charge in [0, 0.05) is 63.3 Å². The Bertz CT molecular complexity index is 1060. The topological polar surface area (TPSA) is 48.5 Å². The number of alkyl halides is 3. The van der Waals surface area contributed by atoms with E-state index in [0.29, 0.717) is 31.0 Å². The average molecular weight is 547 g/mol. The number of hydrogen-bond donors (Lipinski definition) is 1. The van der Waals surface area contributed by atoms with E-state index in [2.05, 4.69) is 60.2 Å². The highest BCUT2D eigenvalue weighted by Gasteiger charge is 2.31. The zero-order chi connectivity index (χ0) is 27.3. The van der Waals surface area contributed by atoms with Crippen molar-refractivity contribution in [2.75, 3.05) is 38.0 Å². The number of rotatable bonds is 7. The number of hydrogen-bond acceptors (Lipinski definition) is 4. The summed E-state index contributed by atoms with van der Waals surface area (Å²) < 4.78 is 39.1. The molecule has 3 heterocycles. The van der Waals surface area contributed by atoms with Gasteiger partial charge in [0.1, 0.15) is 0 Å². The van der Waals surface area contributed by atoms with Crippen molar-refractivity contribution in [3.63, 3.8) is 0 Å². The third kappa shape index (κ3) is 8.95. The summed E-state index contributed by atoms with van der Waals surface area (Å²) in [6.45, 7) is 10.7. The second-order valence-corrected chi connectivity index (χ2v) is 12.0. The highest BCUT2D eigenvalue weighted by atomic mass is 19.4. The minimum Gasteiger partial charge on any atom is -0.382 e. The van der Waals surface area contributed by atoms with Crippen molar-refractivity contribution in [1.29, 1.82) is 0 Å². The number of nitrogens with one attached hydrogen (secondary N) is 1. The van der Waals surface area contributed by atoms with Gasteiger partial charge in [-0.3, -0.25) is 9.78 Å². The van der Waals surface area contributed by atoms with Crippen molar-refractivity contribution in [2.45, 2.75) is 84.4 Å². The van der Waals surface area contributed by atoms with E-state index < -0.39 is 11.7 Å². The molecule has 1 amide bonds. The number of pyridine rings is 1. The van der Waals surface area contributed by atoms with E-state index in [4.69, 9.17) is 0 Å². The summed E-state index contributed by atoms with van der Waals surface area (Å²) in [4.78, 5) is 21.0. The first-order valence-corrected chi connectivity index (χ1v) is 13.9. The number of carbonyl (C=O) groups excluding carboxylic acids is 1. The molecule has 0 unspecified atom stereocenters. The van der Waals surface area contributed by atoms with E-state index in [-0.39, 0.29) is 24.7 Å². The van der Waals surface area contributed by atoms with Crippen LogP contribution in [0.4, 0.5) is 18.9 Å². The zero-order valence-corrected chi connectivity index (χ0v) is 22.9. The Labute approximate surface area is 232 Å². The molecule has 2 fully saturated rings. The van der Waals surface area contributed by atoms with Gasteiger partial charge in [-0.2, -0.15) is 13.2 Å². The molecule has 1 aromatic heterocycles. The van der Waals surface area contributed by atoms with Crippen LogP contribution in [0.25, 0.3) is 0 Å². The quantitative estimate of drug-likeness (QED) is 0.416. The number of carbonyl (C=O) groups is 1. The molecule has 0 bridgehead atoms. The molecule has 39 heavy (non-hydrogen) atoms. The van der Waals surface area contributed by atoms with Crippen molar-refractivity contribution in [2.24, 2.45) is 5.92 Å². The molecule has 1 N–H and O–H groups in total. The Morgan fingerprint density at radius 1 is 1.00 bits per heavy atom. The van der Waals surface area contributed by atoms with Gasteiger partial charge in [-0.05, 0) is 72.8 Å². The Hall–Kier alpha value is -2.61. The molecule has 2 aromatic rings. The first kappa shape index (κ1) is 30.9. The van der Waals surface area contributed by atoms with Crippen LogP contribution in [0.1, 0.15) is 77.0 Å². The molecular weight excluding hydrogens is 501 g/mol. The summed E-state index contributed by atoms with van der Waals surface area (Å²) in [5.41, 5.74) is 2.51. The van der Waals surface area contributed by atoms with Crippen LogP contribution in [0.2, 0.25) is 0 Å². The number of anilines is 1. The third-order valence-corrected chi connectivity index (χ3v) is 7.87. The largest absolute Gasteiger partial charge is 0.417 e. The van der Waals surface area contributed by atoms with Gasteiger partial charge in [0.15, 0.2) is 0 Å². The van der Waals surface area contributed by atoms with Crippen molar-refractivity contribution in [3.8, 4) is 0 Å². The normalized spacial score (nSPS) is 19.4. The molecule has 0 aliphatic carbocycles. The Morgan fingerprint density at radius 2 is 1.69 bits per heavy atom. The first-order chi connectivity index (χ1) is 18.0. The highest BCUT2D eigenvalue weighted by Crippen LogP contribution is 2.30. The lowest BCUT2D eigenvalue weighted by Gasteiger charge is -2.35. The van der Waals surface area contributed by atoms with Gasteiger partial charge in [0.2, 0.25) is 5.91 Å². The van der Waals surface area contributed by atoms with Crippen molar-refractivity contribution in [1.82, 2.24) is 14.8 Å². The lowest BCUT2D eigenvalue weighted by atomic mass is 9.87. The molecule has 1 atom stereocenters. The van der Waals surface area contributed by atoms with Crippen molar-refractivity contribution >= 4 is 11.6 Å². The number of benzene rings is 1. The lowest BCUT2D eigenvalue weighted by Crippen LogP contribution is -2.43. The van der Waals surface area contributed by atoms with Gasteiger partial charge in [-0.25, -0.2) is 0 Å². The van der Waals surface area contributed by atoms with E-state index >= 15 is 0 Å².